The third-order valence-electron chi connectivity index (χ3n) is 1.91. The van der Waals surface area contributed by atoms with Gasteiger partial charge in [-0.25, -0.2) is 4.98 Å². The van der Waals surface area contributed by atoms with E-state index < -0.39 is 17.4 Å². The second kappa shape index (κ2) is 3.08. The van der Waals surface area contributed by atoms with Crippen LogP contribution in [0.1, 0.15) is 5.69 Å². The molecule has 0 unspecified atom stereocenters. The number of aromatic amines is 1. The monoisotopic (exact) mass is 214 g/mol. The molecule has 0 aliphatic carbocycles. The van der Waals surface area contributed by atoms with Crippen LogP contribution in [-0.2, 0) is 6.18 Å². The molecule has 0 amide bonds. The largest absolute Gasteiger partial charge is 0.433 e. The fraction of sp³-hybridized carbons (Fsp3) is 0.111. The van der Waals surface area contributed by atoms with Gasteiger partial charge in [-0.2, -0.15) is 13.2 Å². The Balaban J connectivity index is 2.75. The van der Waals surface area contributed by atoms with Gasteiger partial charge < -0.3 is 4.98 Å². The Morgan fingerprint density at radius 2 is 2.07 bits per heavy atom. The van der Waals surface area contributed by atoms with E-state index >= 15 is 0 Å². The summed E-state index contributed by atoms with van der Waals surface area (Å²) in [4.78, 5) is 16.8. The molecule has 0 spiro atoms. The predicted molar refractivity (Wildman–Crippen MR) is 46.5 cm³/mol. The van der Waals surface area contributed by atoms with E-state index in [9.17, 15) is 18.0 Å². The van der Waals surface area contributed by atoms with Gasteiger partial charge >= 0.3 is 6.18 Å². The molecule has 2 rings (SSSR count). The number of nitrogens with one attached hydrogen (secondary N) is 1. The Hall–Kier alpha value is -1.85. The zero-order valence-electron chi connectivity index (χ0n) is 7.30. The van der Waals surface area contributed by atoms with E-state index in [0.717, 1.165) is 6.07 Å². The number of nitrogens with zero attached hydrogens (tertiary/aromatic N) is 1. The maximum Gasteiger partial charge on any atom is 0.433 e. The van der Waals surface area contributed by atoms with Crippen LogP contribution in [0.3, 0.4) is 0 Å². The van der Waals surface area contributed by atoms with E-state index in [1.54, 1.807) is 0 Å². The third kappa shape index (κ3) is 1.70. The Morgan fingerprint density at radius 1 is 1.33 bits per heavy atom. The maximum absolute atomic E-state index is 12.3. The number of fused-ring (bicyclic) bond motifs is 1. The van der Waals surface area contributed by atoms with Gasteiger partial charge in [0.05, 0.1) is 11.3 Å². The number of hydrogen-bond donors (Lipinski definition) is 1. The lowest BCUT2D eigenvalue weighted by atomic mass is 10.1. The smallest absolute Gasteiger partial charge is 0.361 e. The summed E-state index contributed by atoms with van der Waals surface area (Å²) >= 11 is 0. The minimum Gasteiger partial charge on any atom is -0.361 e. The molecule has 2 aliphatic heterocycles. The van der Waals surface area contributed by atoms with Crippen LogP contribution in [0.15, 0.2) is 29.2 Å². The first-order chi connectivity index (χ1) is 6.98. The molecule has 78 valence electrons. The van der Waals surface area contributed by atoms with Crippen LogP contribution >= 0.6 is 0 Å². The van der Waals surface area contributed by atoms with Crippen LogP contribution in [0.4, 0.5) is 13.2 Å². The second-order valence-electron chi connectivity index (χ2n) is 2.94. The molecule has 1 N–H and O–H groups in total. The van der Waals surface area contributed by atoms with Crippen molar-refractivity contribution >= 4 is 0 Å². The highest BCUT2D eigenvalue weighted by molar-refractivity contribution is 5.59. The lowest BCUT2D eigenvalue weighted by Crippen LogP contribution is -2.19. The molecule has 0 radical (unpaired) electrons. The molecule has 0 aromatic rings. The summed E-state index contributed by atoms with van der Waals surface area (Å²) in [6, 6.07) is 3.76. The highest BCUT2D eigenvalue weighted by atomic mass is 19.4. The summed E-state index contributed by atoms with van der Waals surface area (Å²) in [7, 11) is 0. The molecule has 0 atom stereocenters. The highest BCUT2D eigenvalue weighted by Gasteiger charge is 2.34. The van der Waals surface area contributed by atoms with E-state index in [4.69, 9.17) is 0 Å². The van der Waals surface area contributed by atoms with Crippen molar-refractivity contribution in [2.45, 2.75) is 6.18 Å². The minimum absolute atomic E-state index is 0.129. The predicted octanol–water partition coefficient (Wildman–Crippen LogP) is 1.89. The number of H-pyrrole nitrogens is 1. The summed E-state index contributed by atoms with van der Waals surface area (Å²) in [6.07, 6.45) is -3.15. The number of halogens is 3. The Labute approximate surface area is 81.9 Å². The van der Waals surface area contributed by atoms with Crippen LogP contribution < -0.4 is 5.56 Å². The van der Waals surface area contributed by atoms with Gasteiger partial charge in [0.15, 0.2) is 5.69 Å². The molecule has 0 fully saturated rings. The SMILES string of the molecule is O=c1nc(C(F)(F)F)cc2[nH]cccc1-2. The van der Waals surface area contributed by atoms with Gasteiger partial charge in [-0.3, -0.25) is 4.79 Å². The quantitative estimate of drug-likeness (QED) is 0.727. The van der Waals surface area contributed by atoms with Crippen molar-refractivity contribution in [3.8, 4) is 11.3 Å². The Morgan fingerprint density at radius 3 is 2.73 bits per heavy atom. The molecular formula is C9H5F3N2O. The summed E-state index contributed by atoms with van der Waals surface area (Å²) in [5, 5.41) is 0. The van der Waals surface area contributed by atoms with E-state index in [2.05, 4.69) is 9.97 Å². The van der Waals surface area contributed by atoms with Gasteiger partial charge in [-0.1, -0.05) is 0 Å². The van der Waals surface area contributed by atoms with Gasteiger partial charge in [-0.05, 0) is 18.2 Å². The molecule has 2 heterocycles. The molecular weight excluding hydrogens is 209 g/mol. The minimum atomic E-state index is -4.60. The van der Waals surface area contributed by atoms with Crippen LogP contribution in [0.5, 0.6) is 0 Å². The van der Waals surface area contributed by atoms with Crippen molar-refractivity contribution < 1.29 is 13.2 Å². The van der Waals surface area contributed by atoms with Crippen molar-refractivity contribution in [3.05, 3.63) is 40.4 Å². The highest BCUT2D eigenvalue weighted by Crippen LogP contribution is 2.29. The first kappa shape index (κ1) is 9.70. The molecule has 2 aliphatic rings. The van der Waals surface area contributed by atoms with E-state index in [-0.39, 0.29) is 11.3 Å². The summed E-state index contributed by atoms with van der Waals surface area (Å²) in [5.41, 5.74) is -1.78. The van der Waals surface area contributed by atoms with E-state index in [0.29, 0.717) is 0 Å². The average molecular weight is 214 g/mol. The number of pyridine rings is 2. The summed E-state index contributed by atoms with van der Waals surface area (Å²) < 4.78 is 36.8. The zero-order chi connectivity index (χ0) is 11.1. The normalized spacial score (nSPS) is 11.9. The topological polar surface area (TPSA) is 45.8 Å². The van der Waals surface area contributed by atoms with Crippen LogP contribution in [0, 0.1) is 0 Å². The van der Waals surface area contributed by atoms with Crippen molar-refractivity contribution in [1.29, 1.82) is 0 Å². The number of hydrogen-bond acceptors (Lipinski definition) is 2. The molecule has 0 bridgehead atoms. The fourth-order valence-corrected chi connectivity index (χ4v) is 1.24. The first-order valence-corrected chi connectivity index (χ1v) is 4.04. The van der Waals surface area contributed by atoms with Crippen LogP contribution in [0.2, 0.25) is 0 Å². The lowest BCUT2D eigenvalue weighted by molar-refractivity contribution is -0.141. The first-order valence-electron chi connectivity index (χ1n) is 4.04. The maximum atomic E-state index is 12.3. The van der Waals surface area contributed by atoms with Crippen molar-refractivity contribution in [2.75, 3.05) is 0 Å². The summed E-state index contributed by atoms with van der Waals surface area (Å²) in [5.74, 6) is 0. The third-order valence-corrected chi connectivity index (χ3v) is 1.91. The number of alkyl halides is 3. The van der Waals surface area contributed by atoms with Crippen molar-refractivity contribution in [3.63, 3.8) is 0 Å². The van der Waals surface area contributed by atoms with Crippen LogP contribution in [-0.4, -0.2) is 9.97 Å². The van der Waals surface area contributed by atoms with Crippen molar-refractivity contribution in [2.24, 2.45) is 0 Å². The van der Waals surface area contributed by atoms with E-state index in [1.165, 1.54) is 18.3 Å². The van der Waals surface area contributed by atoms with Gasteiger partial charge in [0, 0.05) is 6.20 Å². The fourth-order valence-electron chi connectivity index (χ4n) is 1.24. The molecule has 6 heteroatoms. The zero-order valence-corrected chi connectivity index (χ0v) is 7.30. The molecule has 0 saturated heterocycles. The standard InChI is InChI=1S/C9H5F3N2O/c10-9(11,12)7-4-6-5(8(15)14-7)2-1-3-13-6/h1-4,13H. The molecule has 15 heavy (non-hydrogen) atoms. The van der Waals surface area contributed by atoms with Gasteiger partial charge in [-0.15, -0.1) is 0 Å². The molecule has 3 nitrogen and oxygen atoms in total. The van der Waals surface area contributed by atoms with E-state index in [1.807, 2.05) is 0 Å². The van der Waals surface area contributed by atoms with Gasteiger partial charge in [0.1, 0.15) is 0 Å². The number of rotatable bonds is 0. The molecule has 0 aromatic carbocycles. The number of aromatic nitrogens is 2. The molecule has 0 aromatic heterocycles. The average Bonchev–Trinajstić information content (AvgIpc) is 2.16. The molecule has 0 saturated carbocycles. The second-order valence-corrected chi connectivity index (χ2v) is 2.94. The Kier molecular flexibility index (Phi) is 1.99. The summed E-state index contributed by atoms with van der Waals surface area (Å²) in [6.45, 7) is 0. The Bertz CT molecular complexity index is 518. The van der Waals surface area contributed by atoms with Gasteiger partial charge in [0.2, 0.25) is 0 Å². The van der Waals surface area contributed by atoms with Crippen molar-refractivity contribution in [1.82, 2.24) is 9.97 Å². The van der Waals surface area contributed by atoms with Crippen LogP contribution in [0.25, 0.3) is 11.3 Å². The lowest BCUT2D eigenvalue weighted by Gasteiger charge is -2.08. The van der Waals surface area contributed by atoms with Gasteiger partial charge in [0.25, 0.3) is 5.56 Å².